The summed E-state index contributed by atoms with van der Waals surface area (Å²) in [6, 6.07) is 0. The Morgan fingerprint density at radius 3 is 0.758 bits per heavy atom. The molecule has 390 valence electrons. The van der Waals surface area contributed by atoms with Crippen LogP contribution in [0, 0.1) is 0 Å². The van der Waals surface area contributed by atoms with E-state index in [0.717, 1.165) is 57.8 Å². The predicted octanol–water partition coefficient (Wildman–Crippen LogP) is 19.7. The van der Waals surface area contributed by atoms with Crippen molar-refractivity contribution in [3.05, 3.63) is 12.2 Å². The molecule has 0 saturated carbocycles. The van der Waals surface area contributed by atoms with Crippen LogP contribution in [-0.4, -0.2) is 37.2 Å². The quantitative estimate of drug-likeness (QED) is 0.0262. The molecule has 0 saturated heterocycles. The van der Waals surface area contributed by atoms with Gasteiger partial charge in [-0.1, -0.05) is 283 Å². The van der Waals surface area contributed by atoms with Crippen LogP contribution >= 0.6 is 0 Å². The van der Waals surface area contributed by atoms with Gasteiger partial charge >= 0.3 is 17.9 Å². The molecule has 66 heavy (non-hydrogen) atoms. The molecular formula is C60H114O6. The Kier molecular flexibility index (Phi) is 54.2. The molecule has 0 amide bonds. The van der Waals surface area contributed by atoms with Crippen molar-refractivity contribution in [2.24, 2.45) is 0 Å². The zero-order valence-corrected chi connectivity index (χ0v) is 44.7. The molecule has 0 aromatic rings. The number of carbonyl (C=O) groups is 3. The zero-order chi connectivity index (χ0) is 47.9. The number of ether oxygens (including phenoxy) is 3. The van der Waals surface area contributed by atoms with Crippen molar-refractivity contribution in [1.29, 1.82) is 0 Å². The molecule has 1 atom stereocenters. The molecule has 0 heterocycles. The predicted molar refractivity (Wildman–Crippen MR) is 284 cm³/mol. The minimum absolute atomic E-state index is 0.0651. The van der Waals surface area contributed by atoms with Gasteiger partial charge in [-0.05, 0) is 44.9 Å². The molecule has 0 aromatic heterocycles. The first kappa shape index (κ1) is 64.2. The maximum absolute atomic E-state index is 12.6. The second-order valence-corrected chi connectivity index (χ2v) is 20.3. The van der Waals surface area contributed by atoms with E-state index < -0.39 is 6.10 Å². The Morgan fingerprint density at radius 1 is 0.288 bits per heavy atom. The van der Waals surface area contributed by atoms with Crippen molar-refractivity contribution in [2.75, 3.05) is 13.2 Å². The van der Waals surface area contributed by atoms with Gasteiger partial charge < -0.3 is 14.2 Å². The number of hydrogen-bond acceptors (Lipinski definition) is 6. The van der Waals surface area contributed by atoms with Crippen molar-refractivity contribution in [3.8, 4) is 0 Å². The molecule has 0 aliphatic heterocycles. The lowest BCUT2D eigenvalue weighted by Crippen LogP contribution is -2.30. The van der Waals surface area contributed by atoms with Gasteiger partial charge in [0.2, 0.25) is 0 Å². The second-order valence-electron chi connectivity index (χ2n) is 20.3. The van der Waals surface area contributed by atoms with Crippen molar-refractivity contribution in [1.82, 2.24) is 0 Å². The third kappa shape index (κ3) is 53.1. The number of carbonyl (C=O) groups excluding carboxylic acids is 3. The van der Waals surface area contributed by atoms with Crippen LogP contribution in [0.4, 0.5) is 0 Å². The maximum Gasteiger partial charge on any atom is 0.306 e. The molecule has 6 heteroatoms. The smallest absolute Gasteiger partial charge is 0.306 e. The van der Waals surface area contributed by atoms with Gasteiger partial charge in [0.15, 0.2) is 6.10 Å². The molecule has 6 nitrogen and oxygen atoms in total. The Bertz CT molecular complexity index is 1020. The highest BCUT2D eigenvalue weighted by molar-refractivity contribution is 5.71. The molecule has 0 bridgehead atoms. The molecule has 1 unspecified atom stereocenters. The van der Waals surface area contributed by atoms with Gasteiger partial charge in [-0.25, -0.2) is 0 Å². The van der Waals surface area contributed by atoms with E-state index in [4.69, 9.17) is 14.2 Å². The molecule has 0 N–H and O–H groups in total. The van der Waals surface area contributed by atoms with Crippen LogP contribution in [0.15, 0.2) is 12.2 Å². The van der Waals surface area contributed by atoms with Crippen LogP contribution in [0.2, 0.25) is 0 Å². The average molecular weight is 932 g/mol. The van der Waals surface area contributed by atoms with E-state index in [1.54, 1.807) is 0 Å². The van der Waals surface area contributed by atoms with E-state index in [1.807, 2.05) is 0 Å². The summed E-state index contributed by atoms with van der Waals surface area (Å²) in [6.45, 7) is 6.57. The topological polar surface area (TPSA) is 78.9 Å². The number of esters is 3. The largest absolute Gasteiger partial charge is 0.462 e. The lowest BCUT2D eigenvalue weighted by Gasteiger charge is -2.18. The summed E-state index contributed by atoms with van der Waals surface area (Å²) in [5, 5.41) is 0. The number of unbranched alkanes of at least 4 members (excludes halogenated alkanes) is 42. The fraction of sp³-hybridized carbons (Fsp3) is 0.917. The maximum atomic E-state index is 12.6. The normalized spacial score (nSPS) is 12.0. The van der Waals surface area contributed by atoms with Gasteiger partial charge in [-0.3, -0.25) is 14.4 Å². The minimum Gasteiger partial charge on any atom is -0.462 e. The van der Waals surface area contributed by atoms with Gasteiger partial charge in [0, 0.05) is 19.3 Å². The summed E-state index contributed by atoms with van der Waals surface area (Å²) in [5.41, 5.74) is 0. The van der Waals surface area contributed by atoms with Crippen LogP contribution in [0.1, 0.15) is 335 Å². The lowest BCUT2D eigenvalue weighted by atomic mass is 10.0. The first-order valence-corrected chi connectivity index (χ1v) is 29.7. The van der Waals surface area contributed by atoms with Gasteiger partial charge in [0.05, 0.1) is 0 Å². The third-order valence-corrected chi connectivity index (χ3v) is 13.5. The summed E-state index contributed by atoms with van der Waals surface area (Å²) in [5.74, 6) is -0.867. The number of allylic oxidation sites excluding steroid dienone is 2. The van der Waals surface area contributed by atoms with Gasteiger partial charge in [0.25, 0.3) is 0 Å². The van der Waals surface area contributed by atoms with E-state index in [1.165, 1.54) is 238 Å². The van der Waals surface area contributed by atoms with Gasteiger partial charge in [-0.15, -0.1) is 0 Å². The monoisotopic (exact) mass is 931 g/mol. The molecule has 0 aliphatic carbocycles. The summed E-state index contributed by atoms with van der Waals surface area (Å²) in [4.78, 5) is 37.5. The molecule has 0 rings (SSSR count). The lowest BCUT2D eigenvalue weighted by molar-refractivity contribution is -0.167. The van der Waals surface area contributed by atoms with Crippen LogP contribution < -0.4 is 0 Å². The Morgan fingerprint density at radius 2 is 0.500 bits per heavy atom. The van der Waals surface area contributed by atoms with E-state index in [9.17, 15) is 14.4 Å². The van der Waals surface area contributed by atoms with E-state index in [0.29, 0.717) is 19.3 Å². The van der Waals surface area contributed by atoms with Crippen LogP contribution in [-0.2, 0) is 28.6 Å². The Labute approximate surface area is 411 Å². The SMILES string of the molecule is CCCCCCCCCC/C=C\CCCCCCCCCCCCCCCCCCCCCCCCCC(=O)OCC(COC(=O)CCCCCCCC)OC(=O)CCCCCCCCC. The highest BCUT2D eigenvalue weighted by Gasteiger charge is 2.19. The summed E-state index contributed by atoms with van der Waals surface area (Å²) < 4.78 is 16.6. The zero-order valence-electron chi connectivity index (χ0n) is 44.7. The average Bonchev–Trinajstić information content (AvgIpc) is 3.31. The highest BCUT2D eigenvalue weighted by atomic mass is 16.6. The number of rotatable bonds is 55. The molecule has 0 radical (unpaired) electrons. The molecule has 0 aliphatic rings. The summed E-state index contributed by atoms with van der Waals surface area (Å²) >= 11 is 0. The Balaban J connectivity index is 3.71. The van der Waals surface area contributed by atoms with Crippen LogP contribution in [0.5, 0.6) is 0 Å². The van der Waals surface area contributed by atoms with Crippen LogP contribution in [0.3, 0.4) is 0 Å². The summed E-state index contributed by atoms with van der Waals surface area (Å²) in [7, 11) is 0. The van der Waals surface area contributed by atoms with E-state index >= 15 is 0 Å². The van der Waals surface area contributed by atoms with Crippen molar-refractivity contribution in [2.45, 2.75) is 341 Å². The van der Waals surface area contributed by atoms with Crippen molar-refractivity contribution >= 4 is 17.9 Å². The molecule has 0 fully saturated rings. The van der Waals surface area contributed by atoms with Gasteiger partial charge in [0.1, 0.15) is 13.2 Å². The highest BCUT2D eigenvalue weighted by Crippen LogP contribution is 2.17. The first-order valence-electron chi connectivity index (χ1n) is 29.7. The second kappa shape index (κ2) is 55.7. The van der Waals surface area contributed by atoms with Crippen molar-refractivity contribution < 1.29 is 28.6 Å². The molecule has 0 spiro atoms. The molecule has 0 aromatic carbocycles. The van der Waals surface area contributed by atoms with Gasteiger partial charge in [-0.2, -0.15) is 0 Å². The van der Waals surface area contributed by atoms with E-state index in [-0.39, 0.29) is 31.1 Å². The van der Waals surface area contributed by atoms with E-state index in [2.05, 4.69) is 32.9 Å². The standard InChI is InChI=1S/C60H114O6/c1-4-7-10-13-16-17-18-19-20-21-22-23-24-25-26-27-28-29-30-31-32-33-34-35-36-37-38-39-40-41-42-43-45-47-50-53-59(62)65-56-57(55-64-58(61)52-49-46-15-12-9-6-3)66-60(63)54-51-48-44-14-11-8-5-2/h21-22,57H,4-20,23-56H2,1-3H3/b22-21-. The van der Waals surface area contributed by atoms with Crippen LogP contribution in [0.25, 0.3) is 0 Å². The fourth-order valence-electron chi connectivity index (χ4n) is 9.03. The fourth-order valence-corrected chi connectivity index (χ4v) is 9.03. The first-order chi connectivity index (χ1) is 32.5. The molecular weight excluding hydrogens is 817 g/mol. The minimum atomic E-state index is -0.758. The Hall–Kier alpha value is -1.85. The van der Waals surface area contributed by atoms with Crippen molar-refractivity contribution in [3.63, 3.8) is 0 Å². The summed E-state index contributed by atoms with van der Waals surface area (Å²) in [6.07, 6.45) is 64.5. The third-order valence-electron chi connectivity index (χ3n) is 13.5. The number of hydrogen-bond donors (Lipinski definition) is 0.